The molecule has 0 bridgehead atoms. The number of aromatic nitrogens is 3. The molecule has 0 aliphatic carbocycles. The lowest BCUT2D eigenvalue weighted by atomic mass is 10.3. The zero-order valence-electron chi connectivity index (χ0n) is 8.61. The molecular weight excluding hydrogens is 224 g/mol. The Morgan fingerprint density at radius 2 is 2.24 bits per heavy atom. The fraction of sp³-hybridized carbons (Fsp3) is 0. The summed E-state index contributed by atoms with van der Waals surface area (Å²) in [5, 5.41) is 0. The molecule has 0 aliphatic heterocycles. The molecule has 2 rings (SSSR count). The summed E-state index contributed by atoms with van der Waals surface area (Å²) in [7, 11) is 0. The third-order valence-electron chi connectivity index (χ3n) is 1.87. The summed E-state index contributed by atoms with van der Waals surface area (Å²) in [4.78, 5) is 34.8. The van der Waals surface area contributed by atoms with Gasteiger partial charge in [0.25, 0.3) is 0 Å². The number of carbonyl (C=O) groups is 1. The highest BCUT2D eigenvalue weighted by atomic mass is 16.7. The summed E-state index contributed by atoms with van der Waals surface area (Å²) in [6, 6.07) is 4.45. The Morgan fingerprint density at radius 1 is 1.41 bits per heavy atom. The number of rotatable bonds is 2. The minimum atomic E-state index is -0.762. The van der Waals surface area contributed by atoms with Gasteiger partial charge < -0.3 is 10.6 Å². The number of pyridine rings is 1. The molecule has 0 amide bonds. The van der Waals surface area contributed by atoms with E-state index < -0.39 is 11.7 Å². The molecule has 0 fully saturated rings. The molecule has 0 spiro atoms. The minimum Gasteiger partial charge on any atom is -0.383 e. The summed E-state index contributed by atoms with van der Waals surface area (Å²) < 4.78 is 0.700. The average molecular weight is 232 g/mol. The zero-order valence-corrected chi connectivity index (χ0v) is 8.61. The van der Waals surface area contributed by atoms with Crippen LogP contribution in [0.15, 0.2) is 41.6 Å². The van der Waals surface area contributed by atoms with Gasteiger partial charge in [0.1, 0.15) is 5.82 Å². The average Bonchev–Trinajstić information content (AvgIpc) is 2.34. The topological polar surface area (TPSA) is 100 Å². The molecule has 17 heavy (non-hydrogen) atoms. The van der Waals surface area contributed by atoms with E-state index in [2.05, 4.69) is 9.97 Å². The van der Waals surface area contributed by atoms with Crippen molar-refractivity contribution in [2.24, 2.45) is 0 Å². The van der Waals surface area contributed by atoms with Crippen molar-refractivity contribution in [2.75, 3.05) is 5.73 Å². The maximum Gasteiger partial charge on any atom is 0.382 e. The summed E-state index contributed by atoms with van der Waals surface area (Å²) >= 11 is 0. The fourth-order valence-electron chi connectivity index (χ4n) is 1.10. The highest BCUT2D eigenvalue weighted by Gasteiger charge is 2.09. The molecule has 2 heterocycles. The van der Waals surface area contributed by atoms with Crippen molar-refractivity contribution in [1.82, 2.24) is 14.7 Å². The molecule has 0 saturated heterocycles. The molecule has 0 atom stereocenters. The molecule has 2 N–H and O–H groups in total. The van der Waals surface area contributed by atoms with Crippen LogP contribution < -0.4 is 16.3 Å². The first-order valence-corrected chi connectivity index (χ1v) is 4.65. The van der Waals surface area contributed by atoms with Crippen molar-refractivity contribution in [1.29, 1.82) is 0 Å². The van der Waals surface area contributed by atoms with Crippen LogP contribution in [-0.4, -0.2) is 20.7 Å². The lowest BCUT2D eigenvalue weighted by Gasteiger charge is -2.04. The van der Waals surface area contributed by atoms with E-state index in [1.54, 1.807) is 6.07 Å². The Morgan fingerprint density at radius 3 is 2.88 bits per heavy atom. The lowest BCUT2D eigenvalue weighted by molar-refractivity contribution is 0.0435. The first-order valence-electron chi connectivity index (χ1n) is 4.65. The van der Waals surface area contributed by atoms with Crippen molar-refractivity contribution in [3.63, 3.8) is 0 Å². The standard InChI is InChI=1S/C10H8N4O3/c11-8-3-5-14(10(16)13-8)17-9(15)7-2-1-4-12-6-7/h1-6H,(H2,11,13,16). The van der Waals surface area contributed by atoms with Crippen LogP contribution >= 0.6 is 0 Å². The van der Waals surface area contributed by atoms with Gasteiger partial charge in [0.05, 0.1) is 11.8 Å². The van der Waals surface area contributed by atoms with Gasteiger partial charge >= 0.3 is 11.7 Å². The molecule has 86 valence electrons. The van der Waals surface area contributed by atoms with Crippen molar-refractivity contribution in [3.8, 4) is 0 Å². The van der Waals surface area contributed by atoms with Gasteiger partial charge in [-0.25, -0.2) is 9.59 Å². The van der Waals surface area contributed by atoms with E-state index >= 15 is 0 Å². The number of nitrogens with zero attached hydrogens (tertiary/aromatic N) is 3. The Bertz CT molecular complexity index is 594. The largest absolute Gasteiger partial charge is 0.383 e. The van der Waals surface area contributed by atoms with E-state index in [0.717, 1.165) is 0 Å². The van der Waals surface area contributed by atoms with Crippen LogP contribution in [-0.2, 0) is 0 Å². The predicted molar refractivity (Wildman–Crippen MR) is 58.1 cm³/mol. The molecular formula is C10H8N4O3. The highest BCUT2D eigenvalue weighted by Crippen LogP contribution is 1.96. The van der Waals surface area contributed by atoms with Crippen LogP contribution in [0, 0.1) is 0 Å². The van der Waals surface area contributed by atoms with Crippen LogP contribution in [0.1, 0.15) is 10.4 Å². The maximum absolute atomic E-state index is 11.6. The summed E-state index contributed by atoms with van der Waals surface area (Å²) in [5.74, 6) is -0.643. The Balaban J connectivity index is 2.22. The van der Waals surface area contributed by atoms with Crippen LogP contribution in [0.25, 0.3) is 0 Å². The van der Waals surface area contributed by atoms with E-state index in [0.29, 0.717) is 4.73 Å². The summed E-state index contributed by atoms with van der Waals surface area (Å²) in [5.41, 5.74) is 4.77. The highest BCUT2D eigenvalue weighted by molar-refractivity contribution is 5.89. The monoisotopic (exact) mass is 232 g/mol. The van der Waals surface area contributed by atoms with E-state index in [-0.39, 0.29) is 11.4 Å². The first-order chi connectivity index (χ1) is 8.16. The Kier molecular flexibility index (Phi) is 2.82. The number of hydrogen-bond donors (Lipinski definition) is 1. The smallest absolute Gasteiger partial charge is 0.382 e. The Hall–Kier alpha value is -2.70. The molecule has 7 nitrogen and oxygen atoms in total. The number of nitrogen functional groups attached to an aromatic ring is 1. The van der Waals surface area contributed by atoms with E-state index in [4.69, 9.17) is 10.6 Å². The lowest BCUT2D eigenvalue weighted by Crippen LogP contribution is -2.32. The van der Waals surface area contributed by atoms with Crippen LogP contribution in [0.2, 0.25) is 0 Å². The molecule has 0 unspecified atom stereocenters. The number of carbonyl (C=O) groups excluding carboxylic acids is 1. The maximum atomic E-state index is 11.6. The zero-order chi connectivity index (χ0) is 12.3. The van der Waals surface area contributed by atoms with Crippen LogP contribution in [0.4, 0.5) is 5.82 Å². The first kappa shape index (κ1) is 10.8. The fourth-order valence-corrected chi connectivity index (χ4v) is 1.10. The van der Waals surface area contributed by atoms with E-state index in [9.17, 15) is 9.59 Å². The SMILES string of the molecule is Nc1ccn(OC(=O)c2cccnc2)c(=O)n1. The summed E-state index contributed by atoms with van der Waals surface area (Å²) in [6.07, 6.45) is 4.07. The van der Waals surface area contributed by atoms with Gasteiger partial charge in [-0.2, -0.15) is 4.98 Å². The van der Waals surface area contributed by atoms with Crippen molar-refractivity contribution < 1.29 is 9.63 Å². The van der Waals surface area contributed by atoms with Crippen LogP contribution in [0.3, 0.4) is 0 Å². The molecule has 0 radical (unpaired) electrons. The van der Waals surface area contributed by atoms with Crippen molar-refractivity contribution in [3.05, 3.63) is 52.8 Å². The van der Waals surface area contributed by atoms with Gasteiger partial charge in [-0.15, -0.1) is 4.73 Å². The van der Waals surface area contributed by atoms with Gasteiger partial charge in [-0.1, -0.05) is 0 Å². The van der Waals surface area contributed by atoms with Crippen molar-refractivity contribution in [2.45, 2.75) is 0 Å². The molecule has 2 aromatic heterocycles. The van der Waals surface area contributed by atoms with Gasteiger partial charge in [-0.3, -0.25) is 4.98 Å². The molecule has 2 aromatic rings. The third kappa shape index (κ3) is 2.46. The number of anilines is 1. The van der Waals surface area contributed by atoms with Gasteiger partial charge in [-0.05, 0) is 12.1 Å². The van der Waals surface area contributed by atoms with Crippen molar-refractivity contribution >= 4 is 11.8 Å². The molecule has 0 aliphatic rings. The van der Waals surface area contributed by atoms with E-state index in [1.807, 2.05) is 0 Å². The van der Waals surface area contributed by atoms with Gasteiger partial charge in [0.2, 0.25) is 0 Å². The minimum absolute atomic E-state index is 0.0590. The second kappa shape index (κ2) is 4.44. The van der Waals surface area contributed by atoms with Gasteiger partial charge in [0, 0.05) is 18.5 Å². The Labute approximate surface area is 95.5 Å². The summed E-state index contributed by atoms with van der Waals surface area (Å²) in [6.45, 7) is 0. The van der Waals surface area contributed by atoms with E-state index in [1.165, 1.54) is 30.7 Å². The molecule has 0 aromatic carbocycles. The molecule has 0 saturated carbocycles. The molecule has 7 heteroatoms. The number of hydrogen-bond acceptors (Lipinski definition) is 6. The number of nitrogens with two attached hydrogens (primary N) is 1. The van der Waals surface area contributed by atoms with Gasteiger partial charge in [0.15, 0.2) is 0 Å². The predicted octanol–water partition coefficient (Wildman–Crippen LogP) is -0.511. The second-order valence-electron chi connectivity index (χ2n) is 3.08. The quantitative estimate of drug-likeness (QED) is 0.748. The second-order valence-corrected chi connectivity index (χ2v) is 3.08. The third-order valence-corrected chi connectivity index (χ3v) is 1.87. The van der Waals surface area contributed by atoms with Crippen LogP contribution in [0.5, 0.6) is 0 Å². The normalized spacial score (nSPS) is 9.88.